The van der Waals surface area contributed by atoms with Crippen molar-refractivity contribution in [2.75, 3.05) is 24.7 Å². The molecular weight excluding hydrogens is 444 g/mol. The molecule has 176 valence electrons. The summed E-state index contributed by atoms with van der Waals surface area (Å²) in [6, 6.07) is -0.773. The minimum Gasteiger partial charge on any atom is -0.388 e. The Morgan fingerprint density at radius 2 is 2.09 bits per heavy atom. The number of hydrogen-bond acceptors (Lipinski definition) is 7. The van der Waals surface area contributed by atoms with E-state index in [9.17, 15) is 27.1 Å². The first kappa shape index (κ1) is 18.3. The van der Waals surface area contributed by atoms with Crippen LogP contribution >= 0.6 is 0 Å². The van der Waals surface area contributed by atoms with Crippen molar-refractivity contribution in [2.45, 2.75) is 63.0 Å². The first-order valence-electron chi connectivity index (χ1n) is 12.3. The molecule has 9 nitrogen and oxygen atoms in total. The van der Waals surface area contributed by atoms with Crippen LogP contribution in [0.5, 0.6) is 0 Å². The molecule has 0 bridgehead atoms. The summed E-state index contributed by atoms with van der Waals surface area (Å²) in [5.41, 5.74) is -4.97. The van der Waals surface area contributed by atoms with Gasteiger partial charge < -0.3 is 10.4 Å². The lowest BCUT2D eigenvalue weighted by molar-refractivity contribution is 0.0261. The molecule has 2 N–H and O–H groups in total. The van der Waals surface area contributed by atoms with Crippen molar-refractivity contribution >= 4 is 27.0 Å². The van der Waals surface area contributed by atoms with Crippen LogP contribution in [0.2, 0.25) is 0 Å². The number of nitrogens with one attached hydrogen (secondary N) is 1. The normalized spacial score (nSPS) is 28.2. The number of nitrogens with zero attached hydrogens (tertiary/aromatic N) is 4. The molecular formula is C20H27F2N5O4S. The summed E-state index contributed by atoms with van der Waals surface area (Å²) in [4.78, 5) is 21.6. The van der Waals surface area contributed by atoms with E-state index in [1.165, 1.54) is 10.5 Å². The Balaban J connectivity index is 1.78. The van der Waals surface area contributed by atoms with Crippen LogP contribution in [0.4, 0.5) is 14.7 Å². The van der Waals surface area contributed by atoms with Gasteiger partial charge in [0.15, 0.2) is 0 Å². The smallest absolute Gasteiger partial charge is 0.269 e. The predicted molar refractivity (Wildman–Crippen MR) is 115 cm³/mol. The third-order valence-electron chi connectivity index (χ3n) is 6.13. The third-order valence-corrected chi connectivity index (χ3v) is 7.43. The molecule has 1 aliphatic carbocycles. The number of halogens is 2. The first-order chi connectivity index (χ1) is 16.5. The van der Waals surface area contributed by atoms with Crippen LogP contribution in [0, 0.1) is 0 Å². The van der Waals surface area contributed by atoms with Crippen LogP contribution in [-0.4, -0.2) is 63.4 Å². The molecule has 12 heteroatoms. The molecule has 0 spiro atoms. The van der Waals surface area contributed by atoms with Gasteiger partial charge in [-0.15, -0.1) is 0 Å². The van der Waals surface area contributed by atoms with Gasteiger partial charge in [-0.3, -0.25) is 9.36 Å². The van der Waals surface area contributed by atoms with Crippen molar-refractivity contribution in [2.24, 2.45) is 0 Å². The number of alkyl halides is 2. The van der Waals surface area contributed by atoms with Crippen LogP contribution in [0.15, 0.2) is 17.1 Å². The quantitative estimate of drug-likeness (QED) is 0.680. The van der Waals surface area contributed by atoms with Crippen molar-refractivity contribution in [3.63, 3.8) is 0 Å². The molecule has 2 fully saturated rings. The molecule has 2 aromatic rings. The summed E-state index contributed by atoms with van der Waals surface area (Å²) in [6.45, 7) is -2.34. The van der Waals surface area contributed by atoms with E-state index in [4.69, 9.17) is 5.48 Å². The van der Waals surface area contributed by atoms with E-state index in [0.717, 1.165) is 16.9 Å². The summed E-state index contributed by atoms with van der Waals surface area (Å²) in [5.74, 6) is 0.0364. The Bertz CT molecular complexity index is 1330. The van der Waals surface area contributed by atoms with E-state index in [2.05, 4.69) is 15.3 Å². The molecule has 1 aliphatic heterocycles. The number of aliphatic hydroxyl groups is 1. The minimum atomic E-state index is -4.27. The molecule has 2 aromatic heterocycles. The van der Waals surface area contributed by atoms with E-state index < -0.39 is 46.0 Å². The van der Waals surface area contributed by atoms with Gasteiger partial charge in [0, 0.05) is 34.8 Å². The van der Waals surface area contributed by atoms with Gasteiger partial charge >= 0.3 is 0 Å². The molecule has 1 saturated carbocycles. The van der Waals surface area contributed by atoms with Gasteiger partial charge in [0.05, 0.1) is 23.5 Å². The number of pyridine rings is 1. The van der Waals surface area contributed by atoms with Gasteiger partial charge in [-0.2, -0.15) is 4.98 Å². The monoisotopic (exact) mass is 475 g/mol. The zero-order valence-electron chi connectivity index (χ0n) is 21.4. The SMILES string of the molecule is [2H]C(F)(F)c1cc2cnc(NC3CCN(S(C)(=O)=O)CC3)nc2n([C@H]2CCC[C@@]2(O)C([2H])([2H])[2H])c1=O. The van der Waals surface area contributed by atoms with Crippen molar-refractivity contribution < 1.29 is 27.8 Å². The van der Waals surface area contributed by atoms with E-state index in [1.54, 1.807) is 0 Å². The number of anilines is 1. The highest BCUT2D eigenvalue weighted by Crippen LogP contribution is 2.39. The summed E-state index contributed by atoms with van der Waals surface area (Å²) >= 11 is 0. The van der Waals surface area contributed by atoms with Gasteiger partial charge in [0.25, 0.3) is 12.0 Å². The van der Waals surface area contributed by atoms with Crippen molar-refractivity contribution in [3.8, 4) is 0 Å². The fourth-order valence-corrected chi connectivity index (χ4v) is 5.32. The molecule has 32 heavy (non-hydrogen) atoms. The molecule has 0 aromatic carbocycles. The Hall–Kier alpha value is -2.18. The Morgan fingerprint density at radius 3 is 2.72 bits per heavy atom. The largest absolute Gasteiger partial charge is 0.388 e. The van der Waals surface area contributed by atoms with Gasteiger partial charge in [-0.1, -0.05) is 0 Å². The van der Waals surface area contributed by atoms with Crippen LogP contribution in [0.1, 0.15) is 62.4 Å². The summed E-state index contributed by atoms with van der Waals surface area (Å²) in [6.07, 6.45) is -0.945. The number of fused-ring (bicyclic) bond motifs is 1. The lowest BCUT2D eigenvalue weighted by Crippen LogP contribution is -2.42. The minimum absolute atomic E-state index is 0.0197. The topological polar surface area (TPSA) is 117 Å². The Morgan fingerprint density at radius 1 is 1.38 bits per heavy atom. The summed E-state index contributed by atoms with van der Waals surface area (Å²) in [5, 5.41) is 14.1. The lowest BCUT2D eigenvalue weighted by Gasteiger charge is -2.31. The first-order valence-corrected chi connectivity index (χ1v) is 12.1. The second kappa shape index (κ2) is 8.31. The average Bonchev–Trinajstić information content (AvgIpc) is 3.15. The van der Waals surface area contributed by atoms with Crippen LogP contribution < -0.4 is 10.9 Å². The number of rotatable bonds is 5. The highest BCUT2D eigenvalue weighted by Gasteiger charge is 2.40. The Kier molecular flexibility index (Phi) is 4.74. The maximum absolute atomic E-state index is 14.0. The zero-order valence-corrected chi connectivity index (χ0v) is 18.2. The number of sulfonamides is 1. The lowest BCUT2D eigenvalue weighted by atomic mass is 9.99. The highest BCUT2D eigenvalue weighted by atomic mass is 32.2. The van der Waals surface area contributed by atoms with Crippen molar-refractivity contribution in [3.05, 3.63) is 28.2 Å². The van der Waals surface area contributed by atoms with Crippen molar-refractivity contribution in [1.82, 2.24) is 18.8 Å². The second-order valence-electron chi connectivity index (χ2n) is 8.38. The molecule has 2 atom stereocenters. The molecule has 0 radical (unpaired) electrons. The molecule has 2 aliphatic rings. The maximum atomic E-state index is 14.0. The predicted octanol–water partition coefficient (Wildman–Crippen LogP) is 2.04. The number of piperidine rings is 1. The van der Waals surface area contributed by atoms with Crippen molar-refractivity contribution in [1.29, 1.82) is 0 Å². The second-order valence-corrected chi connectivity index (χ2v) is 10.4. The molecule has 4 rings (SSSR count). The molecule has 0 amide bonds. The zero-order chi connectivity index (χ0) is 26.7. The van der Waals surface area contributed by atoms with E-state index in [0.29, 0.717) is 12.8 Å². The molecule has 3 heterocycles. The average molecular weight is 476 g/mol. The number of aromatic nitrogens is 3. The summed E-state index contributed by atoms with van der Waals surface area (Å²) in [7, 11) is -3.32. The molecule has 0 unspecified atom stereocenters. The van der Waals surface area contributed by atoms with E-state index in [-0.39, 0.29) is 55.4 Å². The van der Waals surface area contributed by atoms with Crippen LogP contribution in [0.25, 0.3) is 11.0 Å². The number of hydrogen-bond donors (Lipinski definition) is 2. The van der Waals surface area contributed by atoms with Crippen LogP contribution in [-0.2, 0) is 10.0 Å². The maximum Gasteiger partial charge on any atom is 0.269 e. The van der Waals surface area contributed by atoms with Gasteiger partial charge in [0.1, 0.15) is 7.02 Å². The van der Waals surface area contributed by atoms with Crippen LogP contribution in [0.3, 0.4) is 0 Å². The fraction of sp³-hybridized carbons (Fsp3) is 0.650. The van der Waals surface area contributed by atoms with Gasteiger partial charge in [-0.05, 0) is 45.0 Å². The molecule has 1 saturated heterocycles. The standard InChI is InChI=1S/C20H27F2N5O4S/c1-20(29)7-3-4-15(20)27-17-12(10-14(16(21)22)18(27)28)11-23-19(25-17)24-13-5-8-26(9-6-13)32(2,30)31/h10-11,13,15-16,29H,3-9H2,1-2H3,(H,23,24,25)/t15-,20-/m0/s1/i1D3,16D. The fourth-order valence-electron chi connectivity index (χ4n) is 4.44. The summed E-state index contributed by atoms with van der Waals surface area (Å²) < 4.78 is 84.2. The third kappa shape index (κ3) is 4.35. The Labute approximate surface area is 190 Å². The van der Waals surface area contributed by atoms with Gasteiger partial charge in [-0.25, -0.2) is 26.5 Å². The van der Waals surface area contributed by atoms with E-state index in [1.807, 2.05) is 0 Å². The van der Waals surface area contributed by atoms with E-state index >= 15 is 0 Å². The van der Waals surface area contributed by atoms with Gasteiger partial charge in [0.2, 0.25) is 16.0 Å². The highest BCUT2D eigenvalue weighted by molar-refractivity contribution is 7.88.